The third-order valence-electron chi connectivity index (χ3n) is 3.21. The highest BCUT2D eigenvalue weighted by molar-refractivity contribution is 5.32. The predicted molar refractivity (Wildman–Crippen MR) is 67.8 cm³/mol. The number of unbranched alkanes of at least 4 members (excludes halogenated alkanes) is 1. The molecule has 0 aromatic carbocycles. The molecule has 1 saturated carbocycles. The highest BCUT2D eigenvalue weighted by Gasteiger charge is 2.23. The average molecular weight is 221 g/mol. The fourth-order valence-corrected chi connectivity index (χ4v) is 2.01. The number of aromatic nitrogens is 2. The van der Waals surface area contributed by atoms with Gasteiger partial charge in [0.05, 0.1) is 5.69 Å². The number of aryl methyl sites for hydroxylation is 1. The predicted octanol–water partition coefficient (Wildman–Crippen LogP) is 3.52. The molecule has 1 heterocycles. The van der Waals surface area contributed by atoms with Crippen molar-refractivity contribution in [2.24, 2.45) is 0 Å². The van der Waals surface area contributed by atoms with Crippen LogP contribution in [0.2, 0.25) is 0 Å². The molecular formula is C13H23N3. The van der Waals surface area contributed by atoms with E-state index in [0.29, 0.717) is 12.1 Å². The minimum Gasteiger partial charge on any atom is -0.353 e. The summed E-state index contributed by atoms with van der Waals surface area (Å²) in [5.41, 5.74) is 1.12. The van der Waals surface area contributed by atoms with Gasteiger partial charge in [-0.1, -0.05) is 19.8 Å². The van der Waals surface area contributed by atoms with E-state index in [2.05, 4.69) is 41.8 Å². The Morgan fingerprint density at radius 2 is 2.31 bits per heavy atom. The zero-order valence-corrected chi connectivity index (χ0v) is 10.7. The van der Waals surface area contributed by atoms with Crippen molar-refractivity contribution in [2.75, 3.05) is 5.32 Å². The second-order valence-electron chi connectivity index (χ2n) is 5.02. The molecule has 3 heteroatoms. The molecule has 1 aliphatic rings. The summed E-state index contributed by atoms with van der Waals surface area (Å²) < 4.78 is 2.31. The fraction of sp³-hybridized carbons (Fsp3) is 0.769. The molecule has 3 nitrogen and oxygen atoms in total. The zero-order chi connectivity index (χ0) is 11.5. The Bertz CT molecular complexity index is 339. The van der Waals surface area contributed by atoms with Gasteiger partial charge >= 0.3 is 0 Å². The normalized spacial score (nSPS) is 17.4. The molecule has 0 bridgehead atoms. The van der Waals surface area contributed by atoms with Gasteiger partial charge in [0.1, 0.15) is 0 Å². The summed E-state index contributed by atoms with van der Waals surface area (Å²) in [5.74, 6) is 1.07. The van der Waals surface area contributed by atoms with Crippen LogP contribution in [0.15, 0.2) is 6.20 Å². The van der Waals surface area contributed by atoms with Crippen molar-refractivity contribution in [3.05, 3.63) is 11.9 Å². The molecule has 1 aromatic rings. The molecule has 0 radical (unpaired) electrons. The van der Waals surface area contributed by atoms with Gasteiger partial charge in [-0.05, 0) is 33.1 Å². The minimum absolute atomic E-state index is 0.558. The Morgan fingerprint density at radius 3 is 2.94 bits per heavy atom. The van der Waals surface area contributed by atoms with E-state index in [1.165, 1.54) is 32.1 Å². The van der Waals surface area contributed by atoms with Gasteiger partial charge in [0.25, 0.3) is 0 Å². The molecule has 1 atom stereocenters. The summed E-state index contributed by atoms with van der Waals surface area (Å²) in [6.07, 6.45) is 8.58. The third-order valence-corrected chi connectivity index (χ3v) is 3.21. The maximum Gasteiger partial charge on any atom is 0.203 e. The Morgan fingerprint density at radius 1 is 1.56 bits per heavy atom. The summed E-state index contributed by atoms with van der Waals surface area (Å²) in [7, 11) is 0. The minimum atomic E-state index is 0.558. The van der Waals surface area contributed by atoms with Gasteiger partial charge < -0.3 is 9.88 Å². The van der Waals surface area contributed by atoms with Crippen molar-refractivity contribution in [2.45, 2.75) is 65.0 Å². The van der Waals surface area contributed by atoms with Crippen molar-refractivity contribution in [3.63, 3.8) is 0 Å². The smallest absolute Gasteiger partial charge is 0.203 e. The lowest BCUT2D eigenvalue weighted by atomic mass is 10.1. The van der Waals surface area contributed by atoms with Gasteiger partial charge in [-0.15, -0.1) is 0 Å². The van der Waals surface area contributed by atoms with E-state index >= 15 is 0 Å². The highest BCUT2D eigenvalue weighted by atomic mass is 15.2. The first-order valence-electron chi connectivity index (χ1n) is 6.52. The Labute approximate surface area is 98.3 Å². The van der Waals surface area contributed by atoms with Gasteiger partial charge in [-0.25, -0.2) is 4.98 Å². The quantitative estimate of drug-likeness (QED) is 0.796. The molecule has 90 valence electrons. The second-order valence-corrected chi connectivity index (χ2v) is 5.02. The lowest BCUT2D eigenvalue weighted by Gasteiger charge is -2.16. The van der Waals surface area contributed by atoms with Crippen molar-refractivity contribution in [1.82, 2.24) is 9.55 Å². The first-order valence-corrected chi connectivity index (χ1v) is 6.52. The standard InChI is InChI=1S/C13H23N3/c1-4-5-6-11(3)16-9-10(2)14-13(16)15-12-7-8-12/h9,11-12H,4-8H2,1-3H3,(H,14,15). The molecule has 1 fully saturated rings. The summed E-state index contributed by atoms with van der Waals surface area (Å²) in [5, 5.41) is 3.51. The topological polar surface area (TPSA) is 29.9 Å². The SMILES string of the molecule is CCCCC(C)n1cc(C)nc1NC1CC1. The summed E-state index contributed by atoms with van der Waals surface area (Å²) >= 11 is 0. The van der Waals surface area contributed by atoms with E-state index in [0.717, 1.165) is 11.6 Å². The van der Waals surface area contributed by atoms with Crippen LogP contribution >= 0.6 is 0 Å². The molecular weight excluding hydrogens is 198 g/mol. The molecule has 1 aliphatic carbocycles. The number of imidazole rings is 1. The molecule has 1 aromatic heterocycles. The molecule has 0 aliphatic heterocycles. The van der Waals surface area contributed by atoms with E-state index in [-0.39, 0.29) is 0 Å². The van der Waals surface area contributed by atoms with Crippen LogP contribution in [0.3, 0.4) is 0 Å². The Balaban J connectivity index is 2.04. The fourth-order valence-electron chi connectivity index (χ4n) is 2.01. The molecule has 0 amide bonds. The zero-order valence-electron chi connectivity index (χ0n) is 10.7. The van der Waals surface area contributed by atoms with Crippen LogP contribution in [0.1, 0.15) is 57.7 Å². The van der Waals surface area contributed by atoms with E-state index < -0.39 is 0 Å². The van der Waals surface area contributed by atoms with Crippen LogP contribution < -0.4 is 5.32 Å². The maximum absolute atomic E-state index is 4.57. The third kappa shape index (κ3) is 2.77. The number of anilines is 1. The molecule has 2 rings (SSSR count). The first-order chi connectivity index (χ1) is 7.70. The highest BCUT2D eigenvalue weighted by Crippen LogP contribution is 2.27. The lowest BCUT2D eigenvalue weighted by molar-refractivity contribution is 0.488. The Kier molecular flexibility index (Phi) is 3.52. The lowest BCUT2D eigenvalue weighted by Crippen LogP contribution is -2.12. The van der Waals surface area contributed by atoms with E-state index in [4.69, 9.17) is 0 Å². The van der Waals surface area contributed by atoms with Crippen LogP contribution in [0.4, 0.5) is 5.95 Å². The number of rotatable bonds is 6. The van der Waals surface area contributed by atoms with Crippen LogP contribution in [-0.4, -0.2) is 15.6 Å². The number of hydrogen-bond donors (Lipinski definition) is 1. The van der Waals surface area contributed by atoms with Crippen LogP contribution in [0.25, 0.3) is 0 Å². The van der Waals surface area contributed by atoms with Crippen molar-refractivity contribution >= 4 is 5.95 Å². The largest absolute Gasteiger partial charge is 0.353 e. The number of nitrogens with one attached hydrogen (secondary N) is 1. The number of hydrogen-bond acceptors (Lipinski definition) is 2. The molecule has 1 unspecified atom stereocenters. The number of nitrogens with zero attached hydrogens (tertiary/aromatic N) is 2. The van der Waals surface area contributed by atoms with Crippen LogP contribution in [-0.2, 0) is 0 Å². The van der Waals surface area contributed by atoms with Gasteiger partial charge in [-0.3, -0.25) is 0 Å². The molecule has 0 saturated heterocycles. The van der Waals surface area contributed by atoms with Crippen LogP contribution in [0, 0.1) is 6.92 Å². The van der Waals surface area contributed by atoms with Gasteiger partial charge in [0.2, 0.25) is 5.95 Å². The van der Waals surface area contributed by atoms with Crippen LogP contribution in [0.5, 0.6) is 0 Å². The van der Waals surface area contributed by atoms with E-state index in [9.17, 15) is 0 Å². The first kappa shape index (κ1) is 11.5. The molecule has 16 heavy (non-hydrogen) atoms. The molecule has 0 spiro atoms. The van der Waals surface area contributed by atoms with E-state index in [1.54, 1.807) is 0 Å². The molecule has 1 N–H and O–H groups in total. The van der Waals surface area contributed by atoms with Gasteiger partial charge in [0.15, 0.2) is 0 Å². The van der Waals surface area contributed by atoms with Gasteiger partial charge in [0, 0.05) is 18.3 Å². The van der Waals surface area contributed by atoms with Crippen molar-refractivity contribution < 1.29 is 0 Å². The average Bonchev–Trinajstić information content (AvgIpc) is 2.98. The second kappa shape index (κ2) is 4.89. The van der Waals surface area contributed by atoms with Gasteiger partial charge in [-0.2, -0.15) is 0 Å². The summed E-state index contributed by atoms with van der Waals surface area (Å²) in [4.78, 5) is 4.57. The van der Waals surface area contributed by atoms with Crippen molar-refractivity contribution in [3.8, 4) is 0 Å². The monoisotopic (exact) mass is 221 g/mol. The maximum atomic E-state index is 4.57. The Hall–Kier alpha value is -0.990. The summed E-state index contributed by atoms with van der Waals surface area (Å²) in [6.45, 7) is 6.60. The summed E-state index contributed by atoms with van der Waals surface area (Å²) in [6, 6.07) is 1.24. The van der Waals surface area contributed by atoms with E-state index in [1.807, 2.05) is 0 Å². The van der Waals surface area contributed by atoms with Crippen molar-refractivity contribution in [1.29, 1.82) is 0 Å².